The van der Waals surface area contributed by atoms with Crippen molar-refractivity contribution in [3.63, 3.8) is 0 Å². The minimum absolute atomic E-state index is 0.0771. The van der Waals surface area contributed by atoms with Crippen LogP contribution in [0.15, 0.2) is 10.5 Å². The van der Waals surface area contributed by atoms with E-state index in [2.05, 4.69) is 15.9 Å². The molecule has 17 heavy (non-hydrogen) atoms. The van der Waals surface area contributed by atoms with E-state index in [4.69, 9.17) is 5.11 Å². The average molecular weight is 305 g/mol. The van der Waals surface area contributed by atoms with Gasteiger partial charge < -0.3 is 5.11 Å². The number of carboxylic acids is 1. The number of halogens is 3. The summed E-state index contributed by atoms with van der Waals surface area (Å²) in [7, 11) is 0. The second kappa shape index (κ2) is 4.05. The molecule has 0 aliphatic heterocycles. The Labute approximate surface area is 106 Å². The molecule has 0 saturated heterocycles. The molecule has 0 unspecified atom stereocenters. The van der Waals surface area contributed by atoms with E-state index in [0.717, 1.165) is 0 Å². The molecule has 2 nitrogen and oxygen atoms in total. The molecule has 0 spiro atoms. The highest BCUT2D eigenvalue weighted by molar-refractivity contribution is 9.10. The van der Waals surface area contributed by atoms with Gasteiger partial charge in [0.1, 0.15) is 11.6 Å². The largest absolute Gasteiger partial charge is 0.481 e. The van der Waals surface area contributed by atoms with Crippen LogP contribution in [0.2, 0.25) is 0 Å². The SMILES string of the molecule is Cc1cc(Br)c(F)c(C2(CC(=O)O)CC2)c1F. The molecule has 2 rings (SSSR count). The minimum atomic E-state index is -1.03. The number of aliphatic carboxylic acids is 1. The van der Waals surface area contributed by atoms with Crippen LogP contribution in [0.3, 0.4) is 0 Å². The lowest BCUT2D eigenvalue weighted by Gasteiger charge is -2.17. The first kappa shape index (κ1) is 12.5. The Morgan fingerprint density at radius 2 is 2.06 bits per heavy atom. The van der Waals surface area contributed by atoms with Crippen LogP contribution < -0.4 is 0 Å². The van der Waals surface area contributed by atoms with Gasteiger partial charge in [-0.1, -0.05) is 0 Å². The lowest BCUT2D eigenvalue weighted by atomic mass is 9.90. The zero-order chi connectivity index (χ0) is 12.8. The third-order valence-corrected chi connectivity index (χ3v) is 3.79. The first-order valence-electron chi connectivity index (χ1n) is 5.24. The predicted molar refractivity (Wildman–Crippen MR) is 62.0 cm³/mol. The van der Waals surface area contributed by atoms with Gasteiger partial charge in [0.25, 0.3) is 0 Å². The van der Waals surface area contributed by atoms with Gasteiger partial charge >= 0.3 is 5.97 Å². The molecule has 1 fully saturated rings. The summed E-state index contributed by atoms with van der Waals surface area (Å²) in [6, 6.07) is 1.37. The van der Waals surface area contributed by atoms with Crippen LogP contribution in [0.5, 0.6) is 0 Å². The Hall–Kier alpha value is -0.970. The van der Waals surface area contributed by atoms with Gasteiger partial charge in [-0.25, -0.2) is 8.78 Å². The first-order chi connectivity index (χ1) is 7.87. The summed E-state index contributed by atoms with van der Waals surface area (Å²) in [5.74, 6) is -2.32. The lowest BCUT2D eigenvalue weighted by Crippen LogP contribution is -2.17. The van der Waals surface area contributed by atoms with Gasteiger partial charge in [-0.3, -0.25) is 4.79 Å². The Morgan fingerprint density at radius 3 is 2.53 bits per heavy atom. The molecule has 92 valence electrons. The number of carboxylic acid groups (broad SMARTS) is 1. The van der Waals surface area contributed by atoms with E-state index >= 15 is 0 Å². The van der Waals surface area contributed by atoms with E-state index in [9.17, 15) is 13.6 Å². The smallest absolute Gasteiger partial charge is 0.304 e. The molecular weight excluding hydrogens is 294 g/mol. The predicted octanol–water partition coefficient (Wildman–Crippen LogP) is 3.54. The fourth-order valence-corrected chi connectivity index (χ4v) is 2.69. The molecule has 1 saturated carbocycles. The van der Waals surface area contributed by atoms with Crippen molar-refractivity contribution in [2.75, 3.05) is 0 Å². The van der Waals surface area contributed by atoms with E-state index in [1.54, 1.807) is 6.92 Å². The standard InChI is InChI=1S/C12H11BrF2O2/c1-6-4-7(13)11(15)9(10(6)14)12(2-3-12)5-8(16)17/h4H,2-3,5H2,1H3,(H,16,17). The van der Waals surface area contributed by atoms with Gasteiger partial charge in [0.15, 0.2) is 0 Å². The van der Waals surface area contributed by atoms with E-state index in [-0.39, 0.29) is 16.5 Å². The fraction of sp³-hybridized carbons (Fsp3) is 0.417. The molecular formula is C12H11BrF2O2. The molecule has 0 radical (unpaired) electrons. The fourth-order valence-electron chi connectivity index (χ4n) is 2.15. The van der Waals surface area contributed by atoms with Crippen molar-refractivity contribution < 1.29 is 18.7 Å². The number of benzene rings is 1. The molecule has 0 aromatic heterocycles. The number of hydrogen-bond acceptors (Lipinski definition) is 1. The summed E-state index contributed by atoms with van der Waals surface area (Å²) in [6.45, 7) is 1.54. The average Bonchev–Trinajstić information content (AvgIpc) is 2.95. The van der Waals surface area contributed by atoms with Crippen LogP contribution in [0.4, 0.5) is 8.78 Å². The zero-order valence-corrected chi connectivity index (χ0v) is 10.8. The molecule has 1 N–H and O–H groups in total. The maximum absolute atomic E-state index is 14.0. The van der Waals surface area contributed by atoms with Crippen molar-refractivity contribution in [1.82, 2.24) is 0 Å². The molecule has 0 bridgehead atoms. The van der Waals surface area contributed by atoms with Crippen LogP contribution in [0, 0.1) is 18.6 Å². The third-order valence-electron chi connectivity index (χ3n) is 3.21. The summed E-state index contributed by atoms with van der Waals surface area (Å²) in [5.41, 5.74) is -0.606. The van der Waals surface area contributed by atoms with E-state index in [1.165, 1.54) is 6.07 Å². The normalized spacial score (nSPS) is 16.9. The molecule has 1 aromatic rings. The molecule has 1 aliphatic carbocycles. The summed E-state index contributed by atoms with van der Waals surface area (Å²) in [4.78, 5) is 10.8. The van der Waals surface area contributed by atoms with Crippen LogP contribution in [-0.2, 0) is 10.2 Å². The highest BCUT2D eigenvalue weighted by Crippen LogP contribution is 2.53. The summed E-state index contributed by atoms with van der Waals surface area (Å²) in [5, 5.41) is 8.81. The zero-order valence-electron chi connectivity index (χ0n) is 9.19. The summed E-state index contributed by atoms with van der Waals surface area (Å²) < 4.78 is 28.1. The second-order valence-corrected chi connectivity index (χ2v) is 5.38. The molecule has 0 atom stereocenters. The quantitative estimate of drug-likeness (QED) is 0.867. The van der Waals surface area contributed by atoms with Gasteiger partial charge in [-0.2, -0.15) is 0 Å². The maximum Gasteiger partial charge on any atom is 0.304 e. The van der Waals surface area contributed by atoms with Crippen molar-refractivity contribution >= 4 is 21.9 Å². The van der Waals surface area contributed by atoms with Gasteiger partial charge in [0.05, 0.1) is 10.9 Å². The Balaban J connectivity index is 2.55. The van der Waals surface area contributed by atoms with Crippen molar-refractivity contribution in [2.45, 2.75) is 31.6 Å². The number of carbonyl (C=O) groups is 1. The number of rotatable bonds is 3. The summed E-state index contributed by atoms with van der Waals surface area (Å²) >= 11 is 3.03. The maximum atomic E-state index is 14.0. The van der Waals surface area contributed by atoms with Gasteiger partial charge in [-0.15, -0.1) is 0 Å². The van der Waals surface area contributed by atoms with Crippen LogP contribution in [0.25, 0.3) is 0 Å². The van der Waals surface area contributed by atoms with E-state index in [1.807, 2.05) is 0 Å². The lowest BCUT2D eigenvalue weighted by molar-refractivity contribution is -0.137. The van der Waals surface area contributed by atoms with Crippen molar-refractivity contribution in [3.8, 4) is 0 Å². The Bertz CT molecular complexity index is 470. The summed E-state index contributed by atoms with van der Waals surface area (Å²) in [6.07, 6.45) is 0.808. The van der Waals surface area contributed by atoms with E-state index < -0.39 is 23.0 Å². The van der Waals surface area contributed by atoms with Crippen LogP contribution >= 0.6 is 15.9 Å². The van der Waals surface area contributed by atoms with Gasteiger partial charge in [0, 0.05) is 11.0 Å². The Morgan fingerprint density at radius 1 is 1.47 bits per heavy atom. The number of aryl methyl sites for hydroxylation is 1. The van der Waals surface area contributed by atoms with Gasteiger partial charge in [0.2, 0.25) is 0 Å². The van der Waals surface area contributed by atoms with E-state index in [0.29, 0.717) is 18.4 Å². The minimum Gasteiger partial charge on any atom is -0.481 e. The molecule has 5 heteroatoms. The Kier molecular flexibility index (Phi) is 2.97. The van der Waals surface area contributed by atoms with Crippen molar-refractivity contribution in [3.05, 3.63) is 33.3 Å². The third kappa shape index (κ3) is 2.08. The van der Waals surface area contributed by atoms with Crippen molar-refractivity contribution in [1.29, 1.82) is 0 Å². The molecule has 1 aliphatic rings. The van der Waals surface area contributed by atoms with Gasteiger partial charge in [-0.05, 0) is 47.3 Å². The van der Waals surface area contributed by atoms with Crippen molar-refractivity contribution in [2.24, 2.45) is 0 Å². The van der Waals surface area contributed by atoms with Crippen LogP contribution in [-0.4, -0.2) is 11.1 Å². The highest BCUT2D eigenvalue weighted by atomic mass is 79.9. The molecule has 0 heterocycles. The number of hydrogen-bond donors (Lipinski definition) is 1. The highest BCUT2D eigenvalue weighted by Gasteiger charge is 2.50. The molecule has 1 aromatic carbocycles. The second-order valence-electron chi connectivity index (χ2n) is 4.53. The first-order valence-corrected chi connectivity index (χ1v) is 6.03. The molecule has 0 amide bonds. The van der Waals surface area contributed by atoms with Crippen LogP contribution in [0.1, 0.15) is 30.4 Å². The monoisotopic (exact) mass is 304 g/mol. The topological polar surface area (TPSA) is 37.3 Å².